The van der Waals surface area contributed by atoms with Gasteiger partial charge in [0.15, 0.2) is 0 Å². The summed E-state index contributed by atoms with van der Waals surface area (Å²) in [5.74, 6) is 0.538. The van der Waals surface area contributed by atoms with Crippen LogP contribution in [0.1, 0.15) is 26.3 Å². The van der Waals surface area contributed by atoms with Gasteiger partial charge in [-0.25, -0.2) is 4.98 Å². The van der Waals surface area contributed by atoms with E-state index in [-0.39, 0.29) is 11.3 Å². The Balaban J connectivity index is 2.01. The van der Waals surface area contributed by atoms with Gasteiger partial charge in [-0.15, -0.1) is 13.2 Å². The number of nitrogens with one attached hydrogen (secondary N) is 2. The van der Waals surface area contributed by atoms with Crippen LogP contribution in [0.3, 0.4) is 0 Å². The van der Waals surface area contributed by atoms with Gasteiger partial charge in [-0.2, -0.15) is 4.98 Å². The second-order valence-electron chi connectivity index (χ2n) is 8.00. The molecule has 0 spiro atoms. The van der Waals surface area contributed by atoms with Crippen LogP contribution in [0.5, 0.6) is 5.75 Å². The van der Waals surface area contributed by atoms with Crippen LogP contribution < -0.4 is 15.4 Å². The van der Waals surface area contributed by atoms with Crippen molar-refractivity contribution < 1.29 is 17.9 Å². The summed E-state index contributed by atoms with van der Waals surface area (Å²) in [4.78, 5) is 9.01. The summed E-state index contributed by atoms with van der Waals surface area (Å²) in [7, 11) is 0. The number of aromatic nitrogens is 2. The Morgan fingerprint density at radius 2 is 1.71 bits per heavy atom. The van der Waals surface area contributed by atoms with Gasteiger partial charge in [0.05, 0.1) is 5.69 Å². The molecule has 1 heterocycles. The summed E-state index contributed by atoms with van der Waals surface area (Å²) in [5.41, 5.74) is 2.47. The number of alkyl halides is 3. The van der Waals surface area contributed by atoms with E-state index >= 15 is 0 Å². The lowest BCUT2D eigenvalue weighted by Gasteiger charge is -2.21. The first-order valence-corrected chi connectivity index (χ1v) is 10.2. The van der Waals surface area contributed by atoms with Gasteiger partial charge in [0.2, 0.25) is 5.95 Å². The second kappa shape index (κ2) is 8.74. The largest absolute Gasteiger partial charge is 0.573 e. The number of rotatable bonds is 5. The van der Waals surface area contributed by atoms with Crippen molar-refractivity contribution in [3.63, 3.8) is 0 Å². The highest BCUT2D eigenvalue weighted by Gasteiger charge is 2.31. The Bertz CT molecular complexity index is 1080. The van der Waals surface area contributed by atoms with E-state index in [1.165, 1.54) is 18.2 Å². The van der Waals surface area contributed by atoms with Crippen LogP contribution in [0, 0.1) is 6.92 Å². The molecule has 2 aromatic carbocycles. The number of halogens is 4. The Morgan fingerprint density at radius 1 is 0.968 bits per heavy atom. The minimum atomic E-state index is -4.77. The van der Waals surface area contributed by atoms with E-state index in [4.69, 9.17) is 0 Å². The normalized spacial score (nSPS) is 11.9. The molecule has 0 unspecified atom stereocenters. The Labute approximate surface area is 187 Å². The van der Waals surface area contributed by atoms with Gasteiger partial charge in [0, 0.05) is 27.3 Å². The molecule has 0 atom stereocenters. The summed E-state index contributed by atoms with van der Waals surface area (Å²) in [6.45, 7) is 7.86. The number of benzene rings is 2. The molecule has 1 aromatic heterocycles. The van der Waals surface area contributed by atoms with E-state index in [9.17, 15) is 13.2 Å². The first kappa shape index (κ1) is 22.9. The molecule has 3 aromatic rings. The third-order valence-corrected chi connectivity index (χ3v) is 4.90. The van der Waals surface area contributed by atoms with Crippen LogP contribution in [0.2, 0.25) is 0 Å². The second-order valence-corrected chi connectivity index (χ2v) is 8.86. The standard InChI is InChI=1S/C22H22BrF3N4O/c1-13-10-15(8-9-17(13)23)27-19-12-18(28-20(29-19)30-21(2,3)4)14-6-5-7-16(11-14)31-22(24,25)26/h5-12H,1-4H3,(H2,27,28,29,30). The van der Waals surface area contributed by atoms with Crippen LogP contribution >= 0.6 is 15.9 Å². The zero-order valence-electron chi connectivity index (χ0n) is 17.4. The lowest BCUT2D eigenvalue weighted by Crippen LogP contribution is -2.27. The van der Waals surface area contributed by atoms with Gasteiger partial charge in [0.1, 0.15) is 11.6 Å². The van der Waals surface area contributed by atoms with Crippen molar-refractivity contribution >= 4 is 33.4 Å². The maximum atomic E-state index is 12.6. The average molecular weight is 495 g/mol. The van der Waals surface area contributed by atoms with Crippen molar-refractivity contribution in [3.05, 3.63) is 58.6 Å². The molecule has 31 heavy (non-hydrogen) atoms. The predicted octanol–water partition coefficient (Wildman–Crippen LogP) is 7.07. The number of hydrogen-bond donors (Lipinski definition) is 2. The number of nitrogens with zero attached hydrogens (tertiary/aromatic N) is 2. The molecule has 0 saturated carbocycles. The topological polar surface area (TPSA) is 59.1 Å². The van der Waals surface area contributed by atoms with Gasteiger partial charge in [-0.3, -0.25) is 0 Å². The van der Waals surface area contributed by atoms with Crippen LogP contribution in [0.15, 0.2) is 53.0 Å². The van der Waals surface area contributed by atoms with Crippen molar-refractivity contribution in [2.75, 3.05) is 10.6 Å². The highest BCUT2D eigenvalue weighted by atomic mass is 79.9. The SMILES string of the molecule is Cc1cc(Nc2cc(-c3cccc(OC(F)(F)F)c3)nc(NC(C)(C)C)n2)ccc1Br. The van der Waals surface area contributed by atoms with Crippen molar-refractivity contribution in [1.82, 2.24) is 9.97 Å². The molecule has 0 aliphatic heterocycles. The molecule has 0 aliphatic rings. The summed E-state index contributed by atoms with van der Waals surface area (Å²) in [5, 5.41) is 6.45. The fraction of sp³-hybridized carbons (Fsp3) is 0.273. The molecule has 0 fully saturated rings. The van der Waals surface area contributed by atoms with Gasteiger partial charge >= 0.3 is 6.36 Å². The van der Waals surface area contributed by atoms with E-state index in [0.717, 1.165) is 15.7 Å². The monoisotopic (exact) mass is 494 g/mol. The summed E-state index contributed by atoms with van der Waals surface area (Å²) in [6.07, 6.45) is -4.77. The maximum Gasteiger partial charge on any atom is 0.573 e. The van der Waals surface area contributed by atoms with Gasteiger partial charge in [0.25, 0.3) is 0 Å². The molecular formula is C22H22BrF3N4O. The number of aryl methyl sites for hydroxylation is 1. The lowest BCUT2D eigenvalue weighted by atomic mass is 10.1. The molecule has 2 N–H and O–H groups in total. The highest BCUT2D eigenvalue weighted by molar-refractivity contribution is 9.10. The van der Waals surface area contributed by atoms with Crippen LogP contribution in [-0.4, -0.2) is 21.9 Å². The smallest absolute Gasteiger partial charge is 0.406 e. The summed E-state index contributed by atoms with van der Waals surface area (Å²) >= 11 is 3.47. The van der Waals surface area contributed by atoms with E-state index in [2.05, 4.69) is 41.3 Å². The Kier molecular flexibility index (Phi) is 6.45. The first-order chi connectivity index (χ1) is 14.4. The minimum Gasteiger partial charge on any atom is -0.406 e. The van der Waals surface area contributed by atoms with Crippen molar-refractivity contribution in [2.24, 2.45) is 0 Å². The molecule has 164 valence electrons. The minimum absolute atomic E-state index is 0.313. The van der Waals surface area contributed by atoms with E-state index in [0.29, 0.717) is 23.0 Å². The molecule has 5 nitrogen and oxygen atoms in total. The Hall–Kier alpha value is -2.81. The zero-order valence-corrected chi connectivity index (χ0v) is 19.0. The molecule has 0 amide bonds. The summed E-state index contributed by atoms with van der Waals surface area (Å²) < 4.78 is 42.9. The number of hydrogen-bond acceptors (Lipinski definition) is 5. The summed E-state index contributed by atoms with van der Waals surface area (Å²) in [6, 6.07) is 13.2. The zero-order chi connectivity index (χ0) is 22.8. The molecule has 0 saturated heterocycles. The first-order valence-electron chi connectivity index (χ1n) is 9.45. The molecule has 9 heteroatoms. The van der Waals surface area contributed by atoms with E-state index in [1.54, 1.807) is 12.1 Å². The van der Waals surface area contributed by atoms with Crippen LogP contribution in [0.25, 0.3) is 11.3 Å². The van der Waals surface area contributed by atoms with Gasteiger partial charge < -0.3 is 15.4 Å². The van der Waals surface area contributed by atoms with Crippen molar-refractivity contribution in [1.29, 1.82) is 0 Å². The number of ether oxygens (including phenoxy) is 1. The third-order valence-electron chi connectivity index (χ3n) is 4.01. The van der Waals surface area contributed by atoms with E-state index < -0.39 is 6.36 Å². The highest BCUT2D eigenvalue weighted by Crippen LogP contribution is 2.30. The predicted molar refractivity (Wildman–Crippen MR) is 120 cm³/mol. The molecule has 0 aliphatic carbocycles. The van der Waals surface area contributed by atoms with Crippen molar-refractivity contribution in [2.45, 2.75) is 39.6 Å². The molecule has 3 rings (SSSR count). The van der Waals surface area contributed by atoms with Gasteiger partial charge in [-0.05, 0) is 63.6 Å². The molecule has 0 radical (unpaired) electrons. The third kappa shape index (κ3) is 6.85. The van der Waals surface area contributed by atoms with Crippen LogP contribution in [0.4, 0.5) is 30.6 Å². The quantitative estimate of drug-likeness (QED) is 0.397. The van der Waals surface area contributed by atoms with E-state index in [1.807, 2.05) is 45.9 Å². The maximum absolute atomic E-state index is 12.6. The van der Waals surface area contributed by atoms with Crippen LogP contribution in [-0.2, 0) is 0 Å². The fourth-order valence-corrected chi connectivity index (χ4v) is 3.02. The Morgan fingerprint density at radius 3 is 2.35 bits per heavy atom. The van der Waals surface area contributed by atoms with Crippen molar-refractivity contribution in [3.8, 4) is 17.0 Å². The number of anilines is 3. The molecular weight excluding hydrogens is 473 g/mol. The lowest BCUT2D eigenvalue weighted by molar-refractivity contribution is -0.274. The molecule has 0 bridgehead atoms. The average Bonchev–Trinajstić information content (AvgIpc) is 2.62. The van der Waals surface area contributed by atoms with Gasteiger partial charge in [-0.1, -0.05) is 28.1 Å². The fourth-order valence-electron chi connectivity index (χ4n) is 2.77.